The van der Waals surface area contributed by atoms with E-state index in [1.165, 1.54) is 18.2 Å². The van der Waals surface area contributed by atoms with Crippen LogP contribution in [0.1, 0.15) is 43.7 Å². The summed E-state index contributed by atoms with van der Waals surface area (Å²) in [7, 11) is 0. The van der Waals surface area contributed by atoms with Gasteiger partial charge in [0.05, 0.1) is 15.6 Å². The second-order valence-electron chi connectivity index (χ2n) is 10.5. The molecule has 0 bridgehead atoms. The molecule has 0 amide bonds. The lowest BCUT2D eigenvalue weighted by molar-refractivity contribution is -0.384. The number of aliphatic hydroxyl groups excluding tert-OH is 1. The molecule has 5 rings (SSSR count). The first-order valence-electron chi connectivity index (χ1n) is 12.3. The van der Waals surface area contributed by atoms with Crippen molar-refractivity contribution in [3.8, 4) is 0 Å². The van der Waals surface area contributed by atoms with Crippen LogP contribution in [0.5, 0.6) is 0 Å². The van der Waals surface area contributed by atoms with Crippen LogP contribution < -0.4 is 4.90 Å². The number of nitrogens with one attached hydrogen (secondary N) is 1. The molecule has 1 unspecified atom stereocenters. The molecule has 3 aromatic rings. The predicted octanol–water partition coefficient (Wildman–Crippen LogP) is 8.10. The molecule has 2 aliphatic rings. The van der Waals surface area contributed by atoms with Crippen molar-refractivity contribution in [1.82, 2.24) is 0 Å². The number of hydrogen-bond acceptors (Lipinski definition) is 5. The fraction of sp³-hybridized carbons (Fsp3) is 0.200. The van der Waals surface area contributed by atoms with Gasteiger partial charge in [0.2, 0.25) is 0 Å². The summed E-state index contributed by atoms with van der Waals surface area (Å²) in [5, 5.41) is 33.0. The molecule has 1 heterocycles. The van der Waals surface area contributed by atoms with Gasteiger partial charge < -0.3 is 5.11 Å². The van der Waals surface area contributed by atoms with Gasteiger partial charge in [-0.05, 0) is 29.5 Å². The maximum absolute atomic E-state index is 13.9. The molecule has 0 aromatic heterocycles. The SMILES string of the molecule is CC1(C)CC(=O)C2=C(C1)N(c1ccc([N+](=O)[O-])cc1Cl)C(=N)C(=C(O)c1ccccc1)C2c1ccccc1Cl. The van der Waals surface area contributed by atoms with Crippen LogP contribution in [-0.2, 0) is 4.79 Å². The van der Waals surface area contributed by atoms with Gasteiger partial charge in [-0.15, -0.1) is 0 Å². The number of carbonyl (C=O) groups excluding carboxylic acids is 1. The quantitative estimate of drug-likeness (QED) is 0.190. The molecule has 39 heavy (non-hydrogen) atoms. The fourth-order valence-electron chi connectivity index (χ4n) is 5.44. The first-order chi connectivity index (χ1) is 18.5. The van der Waals surface area contributed by atoms with Crippen molar-refractivity contribution in [2.45, 2.75) is 32.6 Å². The monoisotopic (exact) mass is 561 g/mol. The maximum atomic E-state index is 13.9. The van der Waals surface area contributed by atoms with Crippen LogP contribution in [0.2, 0.25) is 10.0 Å². The Morgan fingerprint density at radius 3 is 2.33 bits per heavy atom. The second kappa shape index (κ2) is 9.98. The first-order valence-corrected chi connectivity index (χ1v) is 13.1. The van der Waals surface area contributed by atoms with Gasteiger partial charge >= 0.3 is 0 Å². The van der Waals surface area contributed by atoms with Crippen molar-refractivity contribution in [1.29, 1.82) is 5.41 Å². The number of halogens is 2. The Balaban J connectivity index is 1.87. The summed E-state index contributed by atoms with van der Waals surface area (Å²) in [6.07, 6.45) is 0.700. The summed E-state index contributed by atoms with van der Waals surface area (Å²) in [5.74, 6) is -1.20. The van der Waals surface area contributed by atoms with E-state index in [9.17, 15) is 25.4 Å². The number of hydrogen-bond donors (Lipinski definition) is 2. The van der Waals surface area contributed by atoms with E-state index in [1.807, 2.05) is 19.9 Å². The number of benzene rings is 3. The van der Waals surface area contributed by atoms with Crippen molar-refractivity contribution in [3.05, 3.63) is 121 Å². The van der Waals surface area contributed by atoms with E-state index in [0.717, 1.165) is 0 Å². The third-order valence-electron chi connectivity index (χ3n) is 7.12. The van der Waals surface area contributed by atoms with Gasteiger partial charge in [-0.25, -0.2) is 0 Å². The lowest BCUT2D eigenvalue weighted by Crippen LogP contribution is -2.45. The molecule has 7 nitrogen and oxygen atoms in total. The maximum Gasteiger partial charge on any atom is 0.271 e. The average Bonchev–Trinajstić information content (AvgIpc) is 2.88. The molecule has 198 valence electrons. The number of nitro benzene ring substituents is 1. The number of carbonyl (C=O) groups is 1. The van der Waals surface area contributed by atoms with Crippen molar-refractivity contribution in [2.24, 2.45) is 5.41 Å². The first kappa shape index (κ1) is 26.7. The number of rotatable bonds is 4. The highest BCUT2D eigenvalue weighted by molar-refractivity contribution is 6.35. The van der Waals surface area contributed by atoms with Gasteiger partial charge in [0.25, 0.3) is 5.69 Å². The van der Waals surface area contributed by atoms with E-state index in [-0.39, 0.29) is 40.1 Å². The van der Waals surface area contributed by atoms with E-state index in [2.05, 4.69) is 0 Å². The Hall–Kier alpha value is -3.94. The highest BCUT2D eigenvalue weighted by Gasteiger charge is 2.47. The lowest BCUT2D eigenvalue weighted by atomic mass is 9.67. The predicted molar refractivity (Wildman–Crippen MR) is 154 cm³/mol. The van der Waals surface area contributed by atoms with Crippen LogP contribution in [0.15, 0.2) is 89.6 Å². The number of nitro groups is 1. The fourth-order valence-corrected chi connectivity index (χ4v) is 5.95. The normalized spacial score (nSPS) is 20.1. The van der Waals surface area contributed by atoms with Gasteiger partial charge in [0, 0.05) is 51.9 Å². The number of aliphatic hydroxyl groups is 1. The molecule has 0 radical (unpaired) electrons. The molecule has 0 saturated carbocycles. The molecular weight excluding hydrogens is 537 g/mol. The van der Waals surface area contributed by atoms with Gasteiger partial charge in [-0.1, -0.05) is 85.6 Å². The van der Waals surface area contributed by atoms with E-state index in [4.69, 9.17) is 23.2 Å². The van der Waals surface area contributed by atoms with Crippen LogP contribution in [0.3, 0.4) is 0 Å². The molecule has 0 spiro atoms. The summed E-state index contributed by atoms with van der Waals surface area (Å²) in [6.45, 7) is 3.95. The van der Waals surface area contributed by atoms with E-state index in [0.29, 0.717) is 39.5 Å². The Labute approximate surface area is 235 Å². The van der Waals surface area contributed by atoms with Gasteiger partial charge in [0.1, 0.15) is 11.6 Å². The number of anilines is 1. The number of non-ortho nitro benzene ring substituents is 1. The molecule has 3 aromatic carbocycles. The molecular formula is C30H25Cl2N3O4. The van der Waals surface area contributed by atoms with E-state index in [1.54, 1.807) is 53.4 Å². The van der Waals surface area contributed by atoms with Crippen LogP contribution in [0.4, 0.5) is 11.4 Å². The zero-order chi connectivity index (χ0) is 28.1. The average molecular weight is 562 g/mol. The Morgan fingerprint density at radius 2 is 1.69 bits per heavy atom. The van der Waals surface area contributed by atoms with Crippen LogP contribution >= 0.6 is 23.2 Å². The van der Waals surface area contributed by atoms with Crippen molar-refractivity contribution >= 4 is 52.0 Å². The zero-order valence-corrected chi connectivity index (χ0v) is 22.8. The molecule has 1 aliphatic heterocycles. The highest BCUT2D eigenvalue weighted by atomic mass is 35.5. The zero-order valence-electron chi connectivity index (χ0n) is 21.2. The third kappa shape index (κ3) is 4.73. The van der Waals surface area contributed by atoms with Crippen molar-refractivity contribution < 1.29 is 14.8 Å². The van der Waals surface area contributed by atoms with Crippen LogP contribution in [0.25, 0.3) is 5.76 Å². The lowest BCUT2D eigenvalue weighted by Gasteiger charge is -2.45. The number of Topliss-reactive ketones (excluding diaryl/α,β-unsaturated/α-hetero) is 1. The number of amidine groups is 1. The number of allylic oxidation sites excluding steroid dienone is 2. The Kier molecular flexibility index (Phi) is 6.83. The minimum atomic E-state index is -0.807. The smallest absolute Gasteiger partial charge is 0.271 e. The summed E-state index contributed by atoms with van der Waals surface area (Å²) in [4.78, 5) is 26.3. The number of nitrogens with zero attached hydrogens (tertiary/aromatic N) is 2. The topological polar surface area (TPSA) is 108 Å². The molecule has 2 N–H and O–H groups in total. The van der Waals surface area contributed by atoms with Crippen LogP contribution in [0, 0.1) is 20.9 Å². The van der Waals surface area contributed by atoms with Crippen molar-refractivity contribution in [2.75, 3.05) is 4.90 Å². The highest BCUT2D eigenvalue weighted by Crippen LogP contribution is 2.53. The van der Waals surface area contributed by atoms with Crippen molar-refractivity contribution in [3.63, 3.8) is 0 Å². The van der Waals surface area contributed by atoms with Gasteiger partial charge in [-0.2, -0.15) is 0 Å². The number of ketones is 1. The van der Waals surface area contributed by atoms with Gasteiger partial charge in [-0.3, -0.25) is 25.2 Å². The summed E-state index contributed by atoms with van der Waals surface area (Å²) < 4.78 is 0. The second-order valence-corrected chi connectivity index (χ2v) is 11.3. The largest absolute Gasteiger partial charge is 0.507 e. The molecule has 9 heteroatoms. The van der Waals surface area contributed by atoms with Gasteiger partial charge in [0.15, 0.2) is 5.78 Å². The third-order valence-corrected chi connectivity index (χ3v) is 7.77. The summed E-state index contributed by atoms with van der Waals surface area (Å²) >= 11 is 13.3. The molecule has 0 fully saturated rings. The molecule has 0 saturated heterocycles. The minimum absolute atomic E-state index is 0.0476. The Bertz CT molecular complexity index is 1590. The molecule has 1 aliphatic carbocycles. The van der Waals surface area contributed by atoms with E-state index < -0.39 is 16.3 Å². The summed E-state index contributed by atoms with van der Waals surface area (Å²) in [6, 6.07) is 19.9. The minimum Gasteiger partial charge on any atom is -0.507 e. The molecule has 1 atom stereocenters. The standard InChI is InChI=1S/C30H25Cl2N3O4/c1-30(2)15-23-26(24(36)16-30)25(19-10-6-7-11-20(19)31)27(28(37)17-8-4-3-5-9-17)29(33)34(23)22-13-12-18(35(38)39)14-21(22)32/h3-14,25,33,37H,15-16H2,1-2H3. The van der Waals surface area contributed by atoms with E-state index >= 15 is 0 Å². The summed E-state index contributed by atoms with van der Waals surface area (Å²) in [5.41, 5.74) is 1.93. The van der Waals surface area contributed by atoms with Crippen LogP contribution in [-0.4, -0.2) is 21.6 Å². The Morgan fingerprint density at radius 1 is 1.03 bits per heavy atom.